The molecule has 4 nitrogen and oxygen atoms in total. The zero-order valence-corrected chi connectivity index (χ0v) is 13.5. The molecule has 1 N–H and O–H groups in total. The Kier molecular flexibility index (Phi) is 6.03. The maximum atomic E-state index is 11.4. The molecule has 0 saturated carbocycles. The molecule has 0 aromatic heterocycles. The normalized spacial score (nSPS) is 11.7. The van der Waals surface area contributed by atoms with Crippen LogP contribution in [0.25, 0.3) is 0 Å². The highest BCUT2D eigenvalue weighted by Crippen LogP contribution is 2.28. The molecule has 0 radical (unpaired) electrons. The van der Waals surface area contributed by atoms with Gasteiger partial charge in [0, 0.05) is 0 Å². The number of carbonyl (C=O) groups is 1. The number of methoxy groups -OCH3 is 1. The van der Waals surface area contributed by atoms with Crippen molar-refractivity contribution in [2.24, 2.45) is 0 Å². The Morgan fingerprint density at radius 1 is 1.13 bits per heavy atom. The summed E-state index contributed by atoms with van der Waals surface area (Å²) in [4.78, 5) is 11.4. The SMILES string of the molecule is COc1cc(C)ccc1OCCCC(C(=O)O)c1ccccc1. The van der Waals surface area contributed by atoms with Crippen LogP contribution in [0.4, 0.5) is 0 Å². The lowest BCUT2D eigenvalue weighted by molar-refractivity contribution is -0.139. The third kappa shape index (κ3) is 4.74. The van der Waals surface area contributed by atoms with Crippen LogP contribution in [-0.2, 0) is 4.79 Å². The van der Waals surface area contributed by atoms with Gasteiger partial charge in [-0.05, 0) is 43.0 Å². The second-order valence-electron chi connectivity index (χ2n) is 5.45. The summed E-state index contributed by atoms with van der Waals surface area (Å²) in [5, 5.41) is 9.39. The minimum atomic E-state index is -0.802. The highest BCUT2D eigenvalue weighted by atomic mass is 16.5. The largest absolute Gasteiger partial charge is 0.493 e. The van der Waals surface area contributed by atoms with Crippen molar-refractivity contribution in [1.82, 2.24) is 0 Å². The molecule has 2 aromatic rings. The molecule has 0 spiro atoms. The van der Waals surface area contributed by atoms with E-state index in [2.05, 4.69) is 0 Å². The molecule has 0 aliphatic rings. The summed E-state index contributed by atoms with van der Waals surface area (Å²) in [6.45, 7) is 2.44. The number of hydrogen-bond acceptors (Lipinski definition) is 3. The average Bonchev–Trinajstić information content (AvgIpc) is 2.56. The van der Waals surface area contributed by atoms with Crippen LogP contribution in [0, 0.1) is 6.92 Å². The molecule has 0 saturated heterocycles. The van der Waals surface area contributed by atoms with Crippen molar-refractivity contribution in [3.8, 4) is 11.5 Å². The molecular formula is C19H22O4. The number of carboxylic acid groups (broad SMARTS) is 1. The lowest BCUT2D eigenvalue weighted by atomic mass is 9.94. The topological polar surface area (TPSA) is 55.8 Å². The van der Waals surface area contributed by atoms with Gasteiger partial charge in [0.05, 0.1) is 19.6 Å². The third-order valence-corrected chi connectivity index (χ3v) is 3.71. The van der Waals surface area contributed by atoms with E-state index in [1.165, 1.54) is 0 Å². The summed E-state index contributed by atoms with van der Waals surface area (Å²) in [5.41, 5.74) is 1.93. The zero-order chi connectivity index (χ0) is 16.7. The van der Waals surface area contributed by atoms with Gasteiger partial charge in [-0.25, -0.2) is 0 Å². The van der Waals surface area contributed by atoms with E-state index in [0.717, 1.165) is 11.1 Å². The summed E-state index contributed by atoms with van der Waals surface area (Å²) in [7, 11) is 1.61. The van der Waals surface area contributed by atoms with E-state index in [-0.39, 0.29) is 0 Å². The van der Waals surface area contributed by atoms with Crippen molar-refractivity contribution in [1.29, 1.82) is 0 Å². The van der Waals surface area contributed by atoms with Gasteiger partial charge in [-0.2, -0.15) is 0 Å². The van der Waals surface area contributed by atoms with Gasteiger partial charge in [0.25, 0.3) is 0 Å². The van der Waals surface area contributed by atoms with Gasteiger partial charge >= 0.3 is 5.97 Å². The van der Waals surface area contributed by atoms with Gasteiger partial charge < -0.3 is 14.6 Å². The van der Waals surface area contributed by atoms with E-state index in [0.29, 0.717) is 30.9 Å². The fourth-order valence-corrected chi connectivity index (χ4v) is 2.48. The predicted molar refractivity (Wildman–Crippen MR) is 89.3 cm³/mol. The van der Waals surface area contributed by atoms with E-state index in [1.54, 1.807) is 7.11 Å². The maximum Gasteiger partial charge on any atom is 0.310 e. The standard InChI is InChI=1S/C19H22O4/c1-14-10-11-17(18(13-14)22-2)23-12-6-9-16(19(20)21)15-7-4-3-5-8-15/h3-5,7-8,10-11,13,16H,6,9,12H2,1-2H3,(H,20,21). The summed E-state index contributed by atoms with van der Waals surface area (Å²) in [5.74, 6) is 0.0800. The van der Waals surface area contributed by atoms with Gasteiger partial charge in [0.2, 0.25) is 0 Å². The molecule has 2 rings (SSSR count). The first kappa shape index (κ1) is 16.9. The van der Waals surface area contributed by atoms with Gasteiger partial charge in [-0.15, -0.1) is 0 Å². The summed E-state index contributed by atoms with van der Waals surface area (Å²) < 4.78 is 11.0. The molecule has 0 fully saturated rings. The monoisotopic (exact) mass is 314 g/mol. The highest BCUT2D eigenvalue weighted by Gasteiger charge is 2.19. The molecule has 1 unspecified atom stereocenters. The number of rotatable bonds is 8. The fraction of sp³-hybridized carbons (Fsp3) is 0.316. The molecule has 0 heterocycles. The van der Waals surface area contributed by atoms with Crippen LogP contribution in [0.15, 0.2) is 48.5 Å². The van der Waals surface area contributed by atoms with E-state index >= 15 is 0 Å². The lowest BCUT2D eigenvalue weighted by Gasteiger charge is -2.14. The summed E-state index contributed by atoms with van der Waals surface area (Å²) >= 11 is 0. The van der Waals surface area contributed by atoms with Crippen molar-refractivity contribution >= 4 is 5.97 Å². The predicted octanol–water partition coefficient (Wildman–Crippen LogP) is 4.03. The lowest BCUT2D eigenvalue weighted by Crippen LogP contribution is -2.13. The molecular weight excluding hydrogens is 292 g/mol. The van der Waals surface area contributed by atoms with Crippen molar-refractivity contribution in [2.45, 2.75) is 25.7 Å². The first-order chi connectivity index (χ1) is 11.1. The summed E-state index contributed by atoms with van der Waals surface area (Å²) in [6, 6.07) is 15.1. The Labute approximate surface area is 136 Å². The van der Waals surface area contributed by atoms with Gasteiger partial charge in [-0.1, -0.05) is 36.4 Å². The number of aliphatic carboxylic acids is 1. The van der Waals surface area contributed by atoms with Crippen LogP contribution in [0.5, 0.6) is 11.5 Å². The van der Waals surface area contributed by atoms with Crippen LogP contribution in [-0.4, -0.2) is 24.8 Å². The van der Waals surface area contributed by atoms with E-state index in [4.69, 9.17) is 9.47 Å². The highest BCUT2D eigenvalue weighted by molar-refractivity contribution is 5.75. The number of hydrogen-bond donors (Lipinski definition) is 1. The molecule has 122 valence electrons. The van der Waals surface area contributed by atoms with Crippen molar-refractivity contribution < 1.29 is 19.4 Å². The molecule has 0 aliphatic heterocycles. The van der Waals surface area contributed by atoms with Crippen molar-refractivity contribution in [3.63, 3.8) is 0 Å². The first-order valence-electron chi connectivity index (χ1n) is 7.67. The van der Waals surface area contributed by atoms with Gasteiger partial charge in [0.15, 0.2) is 11.5 Å². The zero-order valence-electron chi connectivity index (χ0n) is 13.5. The fourth-order valence-electron chi connectivity index (χ4n) is 2.48. The number of carboxylic acids is 1. The molecule has 2 aromatic carbocycles. The average molecular weight is 314 g/mol. The van der Waals surface area contributed by atoms with E-state index in [1.807, 2.05) is 55.5 Å². The molecule has 0 aliphatic carbocycles. The number of ether oxygens (including phenoxy) is 2. The second kappa shape index (κ2) is 8.22. The Balaban J connectivity index is 1.90. The summed E-state index contributed by atoms with van der Waals surface area (Å²) in [6.07, 6.45) is 1.19. The van der Waals surface area contributed by atoms with E-state index < -0.39 is 11.9 Å². The van der Waals surface area contributed by atoms with Crippen LogP contribution < -0.4 is 9.47 Å². The Morgan fingerprint density at radius 3 is 2.52 bits per heavy atom. The van der Waals surface area contributed by atoms with Crippen LogP contribution in [0.1, 0.15) is 29.9 Å². The molecule has 23 heavy (non-hydrogen) atoms. The van der Waals surface area contributed by atoms with Crippen LogP contribution in [0.2, 0.25) is 0 Å². The quantitative estimate of drug-likeness (QED) is 0.747. The van der Waals surface area contributed by atoms with E-state index in [9.17, 15) is 9.90 Å². The van der Waals surface area contributed by atoms with Crippen molar-refractivity contribution in [2.75, 3.05) is 13.7 Å². The minimum Gasteiger partial charge on any atom is -0.493 e. The first-order valence-corrected chi connectivity index (χ1v) is 7.67. The smallest absolute Gasteiger partial charge is 0.310 e. The Bertz CT molecular complexity index is 637. The second-order valence-corrected chi connectivity index (χ2v) is 5.45. The van der Waals surface area contributed by atoms with Gasteiger partial charge in [0.1, 0.15) is 0 Å². The third-order valence-electron chi connectivity index (χ3n) is 3.71. The maximum absolute atomic E-state index is 11.4. The van der Waals surface area contributed by atoms with Crippen molar-refractivity contribution in [3.05, 3.63) is 59.7 Å². The Hall–Kier alpha value is -2.49. The van der Waals surface area contributed by atoms with Crippen LogP contribution in [0.3, 0.4) is 0 Å². The number of aryl methyl sites for hydroxylation is 1. The van der Waals surface area contributed by atoms with Gasteiger partial charge in [-0.3, -0.25) is 4.79 Å². The number of benzene rings is 2. The Morgan fingerprint density at radius 2 is 1.87 bits per heavy atom. The molecule has 0 amide bonds. The molecule has 4 heteroatoms. The molecule has 1 atom stereocenters. The molecule has 0 bridgehead atoms. The minimum absolute atomic E-state index is 0.454. The van der Waals surface area contributed by atoms with Crippen LogP contribution >= 0.6 is 0 Å².